The minimum Gasteiger partial charge on any atom is -0.461 e. The van der Waals surface area contributed by atoms with Gasteiger partial charge < -0.3 is 4.74 Å². The highest BCUT2D eigenvalue weighted by molar-refractivity contribution is 6.15. The van der Waals surface area contributed by atoms with Crippen molar-refractivity contribution in [3.05, 3.63) is 87.2 Å². The van der Waals surface area contributed by atoms with Gasteiger partial charge in [-0.15, -0.1) is 0 Å². The molecule has 0 saturated carbocycles. The number of ether oxygens (including phenoxy) is 1. The minimum atomic E-state index is -0.570. The first kappa shape index (κ1) is 18.5. The van der Waals surface area contributed by atoms with E-state index < -0.39 is 16.7 Å². The summed E-state index contributed by atoms with van der Waals surface area (Å²) in [4.78, 5) is 31.6. The molecule has 0 fully saturated rings. The average molecular weight is 394 g/mol. The number of nitro benzene ring substituents is 1. The molecule has 9 heteroatoms. The molecule has 0 saturated heterocycles. The lowest BCUT2D eigenvalue weighted by molar-refractivity contribution is -0.384. The van der Waals surface area contributed by atoms with Crippen molar-refractivity contribution in [2.75, 3.05) is 6.61 Å². The van der Waals surface area contributed by atoms with E-state index in [9.17, 15) is 19.3 Å². The van der Waals surface area contributed by atoms with Crippen LogP contribution in [0, 0.1) is 15.9 Å². The third kappa shape index (κ3) is 3.27. The van der Waals surface area contributed by atoms with Gasteiger partial charge in [-0.1, -0.05) is 12.1 Å². The van der Waals surface area contributed by atoms with Gasteiger partial charge in [0.2, 0.25) is 0 Å². The van der Waals surface area contributed by atoms with Gasteiger partial charge in [0.25, 0.3) is 5.69 Å². The molecule has 2 heterocycles. The second kappa shape index (κ2) is 7.27. The number of non-ortho nitro benzene ring substituents is 1. The minimum absolute atomic E-state index is 0.0719. The van der Waals surface area contributed by atoms with Crippen LogP contribution in [0.15, 0.2) is 53.8 Å². The van der Waals surface area contributed by atoms with E-state index in [0.29, 0.717) is 28.2 Å². The van der Waals surface area contributed by atoms with Crippen LogP contribution >= 0.6 is 0 Å². The Balaban J connectivity index is 1.91. The van der Waals surface area contributed by atoms with Crippen molar-refractivity contribution >= 4 is 17.4 Å². The first-order valence-electron chi connectivity index (χ1n) is 8.82. The number of halogens is 1. The second-order valence-electron chi connectivity index (χ2n) is 6.26. The van der Waals surface area contributed by atoms with Gasteiger partial charge in [0.1, 0.15) is 12.1 Å². The fourth-order valence-electron chi connectivity index (χ4n) is 3.26. The maximum Gasteiger partial charge on any atom is 0.358 e. The number of aliphatic imine (C=N–C) groups is 1. The lowest BCUT2D eigenvalue weighted by atomic mass is 10.00. The molecule has 0 atom stereocenters. The summed E-state index contributed by atoms with van der Waals surface area (Å²) in [7, 11) is 0. The van der Waals surface area contributed by atoms with Gasteiger partial charge in [-0.3, -0.25) is 19.7 Å². The zero-order valence-electron chi connectivity index (χ0n) is 15.3. The highest BCUT2D eigenvalue weighted by Gasteiger charge is 2.26. The number of nitrogens with zero attached hydrogens (tertiary/aromatic N) is 4. The normalized spacial score (nSPS) is 12.4. The molecule has 8 nitrogen and oxygen atoms in total. The number of carbonyl (C=O) groups excluding carboxylic acids is 1. The molecule has 1 aliphatic rings. The van der Waals surface area contributed by atoms with Crippen LogP contribution in [0.5, 0.6) is 0 Å². The van der Waals surface area contributed by atoms with Crippen LogP contribution in [0.2, 0.25) is 0 Å². The number of imidazole rings is 1. The maximum atomic E-state index is 14.1. The molecule has 3 aromatic rings. The number of fused-ring (bicyclic) bond motifs is 3. The first-order valence-corrected chi connectivity index (χ1v) is 8.82. The topological polar surface area (TPSA) is 99.6 Å². The van der Waals surface area contributed by atoms with E-state index in [2.05, 4.69) is 9.98 Å². The third-order valence-electron chi connectivity index (χ3n) is 4.53. The molecule has 0 amide bonds. The van der Waals surface area contributed by atoms with E-state index in [1.165, 1.54) is 30.6 Å². The molecule has 4 rings (SSSR count). The van der Waals surface area contributed by atoms with Crippen LogP contribution in [0.3, 0.4) is 0 Å². The summed E-state index contributed by atoms with van der Waals surface area (Å²) >= 11 is 0. The first-order chi connectivity index (χ1) is 14.0. The largest absolute Gasteiger partial charge is 0.461 e. The Labute approximate surface area is 164 Å². The number of aromatic nitrogens is 2. The quantitative estimate of drug-likeness (QED) is 0.383. The Kier molecular flexibility index (Phi) is 4.63. The Morgan fingerprint density at radius 3 is 2.90 bits per heavy atom. The number of nitro groups is 1. The van der Waals surface area contributed by atoms with Crippen molar-refractivity contribution in [2.45, 2.75) is 13.5 Å². The highest BCUT2D eigenvalue weighted by atomic mass is 19.1. The average Bonchev–Trinajstić information content (AvgIpc) is 3.06. The number of hydrogen-bond donors (Lipinski definition) is 0. The van der Waals surface area contributed by atoms with Gasteiger partial charge >= 0.3 is 5.97 Å². The van der Waals surface area contributed by atoms with E-state index in [1.807, 2.05) is 0 Å². The standard InChI is InChI=1S/C20H15FN4O4/c1-2-29-20(26)19-17-10-22-18(12-4-3-5-14(8-12)25(27)28)15-9-13(21)6-7-16(15)24(17)11-23-19/h3-9,11H,2,10H2,1H3. The zero-order valence-corrected chi connectivity index (χ0v) is 15.3. The second-order valence-corrected chi connectivity index (χ2v) is 6.26. The van der Waals surface area contributed by atoms with Gasteiger partial charge in [-0.2, -0.15) is 0 Å². The van der Waals surface area contributed by atoms with Gasteiger partial charge in [0.15, 0.2) is 5.69 Å². The van der Waals surface area contributed by atoms with Crippen LogP contribution in [-0.4, -0.2) is 32.8 Å². The molecule has 2 aromatic carbocycles. The van der Waals surface area contributed by atoms with Crippen molar-refractivity contribution in [1.29, 1.82) is 0 Å². The Morgan fingerprint density at radius 2 is 2.14 bits per heavy atom. The van der Waals surface area contributed by atoms with Crippen molar-refractivity contribution < 1.29 is 18.8 Å². The molecule has 0 aliphatic carbocycles. The molecule has 146 valence electrons. The maximum absolute atomic E-state index is 14.1. The monoisotopic (exact) mass is 394 g/mol. The van der Waals surface area contributed by atoms with Crippen molar-refractivity contribution in [1.82, 2.24) is 9.55 Å². The number of benzene rings is 2. The predicted molar refractivity (Wildman–Crippen MR) is 102 cm³/mol. The lowest BCUT2D eigenvalue weighted by Gasteiger charge is -2.12. The van der Waals surface area contributed by atoms with E-state index in [4.69, 9.17) is 4.74 Å². The van der Waals surface area contributed by atoms with Crippen LogP contribution in [-0.2, 0) is 11.3 Å². The zero-order chi connectivity index (χ0) is 20.5. The SMILES string of the molecule is CCOC(=O)c1ncn2c1CN=C(c1cccc([N+](=O)[O-])c1)c1cc(F)ccc1-2. The van der Waals surface area contributed by atoms with E-state index in [1.54, 1.807) is 29.7 Å². The van der Waals surface area contributed by atoms with Crippen LogP contribution < -0.4 is 0 Å². The van der Waals surface area contributed by atoms with Crippen LogP contribution in [0.4, 0.5) is 10.1 Å². The number of esters is 1. The molecule has 0 N–H and O–H groups in total. The molecule has 29 heavy (non-hydrogen) atoms. The summed E-state index contributed by atoms with van der Waals surface area (Å²) in [5.74, 6) is -1.05. The van der Waals surface area contributed by atoms with Crippen molar-refractivity contribution in [3.8, 4) is 5.69 Å². The fourth-order valence-corrected chi connectivity index (χ4v) is 3.26. The van der Waals surface area contributed by atoms with Crippen LogP contribution in [0.25, 0.3) is 5.69 Å². The highest BCUT2D eigenvalue weighted by Crippen LogP contribution is 2.28. The number of rotatable bonds is 4. The molecule has 0 spiro atoms. The Hall–Kier alpha value is -3.88. The van der Waals surface area contributed by atoms with Gasteiger partial charge in [-0.05, 0) is 25.1 Å². The summed E-state index contributed by atoms with van der Waals surface area (Å²) < 4.78 is 20.8. The summed E-state index contributed by atoms with van der Waals surface area (Å²) in [5.41, 5.74) is 2.40. The van der Waals surface area contributed by atoms with Crippen LogP contribution in [0.1, 0.15) is 34.2 Å². The fraction of sp³-hybridized carbons (Fsp3) is 0.150. The number of hydrogen-bond acceptors (Lipinski definition) is 6. The molecule has 1 aliphatic heterocycles. The van der Waals surface area contributed by atoms with E-state index in [-0.39, 0.29) is 24.5 Å². The van der Waals surface area contributed by atoms with E-state index in [0.717, 1.165) is 0 Å². The molecule has 0 radical (unpaired) electrons. The summed E-state index contributed by atoms with van der Waals surface area (Å²) in [6, 6.07) is 10.1. The summed E-state index contributed by atoms with van der Waals surface area (Å²) in [6.45, 7) is 1.97. The molecular weight excluding hydrogens is 379 g/mol. The van der Waals surface area contributed by atoms with Gasteiger partial charge in [0.05, 0.1) is 35.2 Å². The van der Waals surface area contributed by atoms with Crippen molar-refractivity contribution in [2.24, 2.45) is 4.99 Å². The van der Waals surface area contributed by atoms with E-state index >= 15 is 0 Å². The molecule has 0 bridgehead atoms. The Morgan fingerprint density at radius 1 is 1.31 bits per heavy atom. The summed E-state index contributed by atoms with van der Waals surface area (Å²) in [5, 5.41) is 11.2. The van der Waals surface area contributed by atoms with Gasteiger partial charge in [-0.25, -0.2) is 14.2 Å². The molecule has 1 aromatic heterocycles. The predicted octanol–water partition coefficient (Wildman–Crippen LogP) is 3.45. The summed E-state index contributed by atoms with van der Waals surface area (Å²) in [6.07, 6.45) is 1.46. The molecule has 0 unspecified atom stereocenters. The lowest BCUT2D eigenvalue weighted by Crippen LogP contribution is -2.09. The molecular formula is C20H15FN4O4. The number of carbonyl (C=O) groups is 1. The third-order valence-corrected chi connectivity index (χ3v) is 4.53. The smallest absolute Gasteiger partial charge is 0.358 e. The Bertz CT molecular complexity index is 1170. The van der Waals surface area contributed by atoms with Gasteiger partial charge in [0, 0.05) is 23.3 Å². The van der Waals surface area contributed by atoms with Crippen molar-refractivity contribution in [3.63, 3.8) is 0 Å².